The van der Waals surface area contributed by atoms with Gasteiger partial charge in [-0.3, -0.25) is 0 Å². The number of ether oxygens (including phenoxy) is 1. The van der Waals surface area contributed by atoms with Gasteiger partial charge in [-0.15, -0.1) is 0 Å². The summed E-state index contributed by atoms with van der Waals surface area (Å²) in [4.78, 5) is 3.09. The van der Waals surface area contributed by atoms with Gasteiger partial charge in [-0.25, -0.2) is 0 Å². The van der Waals surface area contributed by atoms with Crippen molar-refractivity contribution in [1.82, 2.24) is 4.98 Å². The Morgan fingerprint density at radius 2 is 2.29 bits per heavy atom. The molecule has 0 amide bonds. The Labute approximate surface area is 82.3 Å². The highest BCUT2D eigenvalue weighted by atomic mass is 16.5. The van der Waals surface area contributed by atoms with Crippen molar-refractivity contribution in [2.75, 3.05) is 6.61 Å². The van der Waals surface area contributed by atoms with Crippen molar-refractivity contribution in [3.05, 3.63) is 30.0 Å². The third-order valence-electron chi connectivity index (χ3n) is 2.22. The summed E-state index contributed by atoms with van der Waals surface area (Å²) in [6.07, 6.45) is 1.82. The average molecular weight is 191 g/mol. The predicted octanol–water partition coefficient (Wildman–Crippen LogP) is 2.06. The smallest absolute Gasteiger partial charge is 0.120 e. The molecular weight excluding hydrogens is 178 g/mol. The first-order valence-electron chi connectivity index (χ1n) is 4.69. The maximum atomic E-state index is 9.08. The molecular formula is C11H13NO2. The number of rotatable bonds is 3. The van der Waals surface area contributed by atoms with Crippen LogP contribution in [-0.4, -0.2) is 16.7 Å². The third kappa shape index (κ3) is 1.46. The number of aliphatic hydroxyl groups is 1. The fraction of sp³-hybridized carbons (Fsp3) is 0.273. The number of aliphatic hydroxyl groups excluding tert-OH is 1. The molecule has 0 aliphatic rings. The molecule has 0 bridgehead atoms. The first kappa shape index (κ1) is 9.09. The molecule has 2 N–H and O–H groups in total. The zero-order valence-corrected chi connectivity index (χ0v) is 8.08. The normalized spacial score (nSPS) is 10.7. The molecule has 3 heteroatoms. The molecule has 2 aromatic rings. The summed E-state index contributed by atoms with van der Waals surface area (Å²) in [6.45, 7) is 2.66. The molecule has 74 valence electrons. The van der Waals surface area contributed by atoms with Gasteiger partial charge in [0.1, 0.15) is 5.75 Å². The molecule has 1 heterocycles. The minimum Gasteiger partial charge on any atom is -0.494 e. The van der Waals surface area contributed by atoms with Crippen LogP contribution in [0.1, 0.15) is 12.5 Å². The van der Waals surface area contributed by atoms with Gasteiger partial charge in [0.2, 0.25) is 0 Å². The minimum absolute atomic E-state index is 0.0512. The number of hydrogen-bond donors (Lipinski definition) is 2. The van der Waals surface area contributed by atoms with Gasteiger partial charge in [-0.2, -0.15) is 0 Å². The Kier molecular flexibility index (Phi) is 2.41. The van der Waals surface area contributed by atoms with Crippen LogP contribution < -0.4 is 4.74 Å². The number of aromatic amines is 1. The zero-order chi connectivity index (χ0) is 9.97. The molecule has 0 unspecified atom stereocenters. The molecule has 2 rings (SSSR count). The molecule has 1 aromatic heterocycles. The third-order valence-corrected chi connectivity index (χ3v) is 2.22. The van der Waals surface area contributed by atoms with Gasteiger partial charge in [0.05, 0.1) is 13.2 Å². The van der Waals surface area contributed by atoms with E-state index >= 15 is 0 Å². The molecule has 14 heavy (non-hydrogen) atoms. The Balaban J connectivity index is 2.50. The lowest BCUT2D eigenvalue weighted by Crippen LogP contribution is -1.90. The maximum absolute atomic E-state index is 9.08. The van der Waals surface area contributed by atoms with Crippen molar-refractivity contribution >= 4 is 10.9 Å². The van der Waals surface area contributed by atoms with Gasteiger partial charge >= 0.3 is 0 Å². The first-order valence-corrected chi connectivity index (χ1v) is 4.69. The van der Waals surface area contributed by atoms with Gasteiger partial charge in [0, 0.05) is 22.7 Å². The van der Waals surface area contributed by atoms with Crippen LogP contribution in [0, 0.1) is 0 Å². The highest BCUT2D eigenvalue weighted by Crippen LogP contribution is 2.23. The molecule has 0 fully saturated rings. The number of benzene rings is 1. The van der Waals surface area contributed by atoms with Crippen LogP contribution in [0.3, 0.4) is 0 Å². The highest BCUT2D eigenvalue weighted by Gasteiger charge is 2.03. The summed E-state index contributed by atoms with van der Waals surface area (Å²) in [5.41, 5.74) is 1.93. The zero-order valence-electron chi connectivity index (χ0n) is 8.08. The van der Waals surface area contributed by atoms with Crippen LogP contribution in [0.4, 0.5) is 0 Å². The van der Waals surface area contributed by atoms with Crippen molar-refractivity contribution in [3.63, 3.8) is 0 Å². The predicted molar refractivity (Wildman–Crippen MR) is 55.4 cm³/mol. The lowest BCUT2D eigenvalue weighted by molar-refractivity contribution is 0.283. The van der Waals surface area contributed by atoms with Crippen molar-refractivity contribution in [1.29, 1.82) is 0 Å². The average Bonchev–Trinajstić information content (AvgIpc) is 2.60. The molecule has 0 radical (unpaired) electrons. The van der Waals surface area contributed by atoms with E-state index < -0.39 is 0 Å². The van der Waals surface area contributed by atoms with E-state index in [1.807, 2.05) is 31.3 Å². The molecule has 0 atom stereocenters. The Morgan fingerprint density at radius 3 is 3.00 bits per heavy atom. The number of fused-ring (bicyclic) bond motifs is 1. The van der Waals surface area contributed by atoms with E-state index in [1.165, 1.54) is 0 Å². The van der Waals surface area contributed by atoms with Crippen LogP contribution in [0.15, 0.2) is 24.4 Å². The van der Waals surface area contributed by atoms with Crippen LogP contribution in [0.5, 0.6) is 5.75 Å². The minimum atomic E-state index is 0.0512. The monoisotopic (exact) mass is 191 g/mol. The number of H-pyrrole nitrogens is 1. The SMILES string of the molecule is CCOc1ccc2[nH]cc(CO)c2c1. The molecule has 0 aliphatic carbocycles. The van der Waals surface area contributed by atoms with Gasteiger partial charge < -0.3 is 14.8 Å². The van der Waals surface area contributed by atoms with E-state index in [0.29, 0.717) is 6.61 Å². The highest BCUT2D eigenvalue weighted by molar-refractivity contribution is 5.84. The summed E-state index contributed by atoms with van der Waals surface area (Å²) in [5.74, 6) is 0.842. The van der Waals surface area contributed by atoms with Crippen molar-refractivity contribution in [2.24, 2.45) is 0 Å². The second-order valence-corrected chi connectivity index (χ2v) is 3.11. The summed E-state index contributed by atoms with van der Waals surface area (Å²) in [6, 6.07) is 5.82. The Bertz CT molecular complexity index is 434. The van der Waals surface area contributed by atoms with Crippen LogP contribution in [0.2, 0.25) is 0 Å². The summed E-state index contributed by atoms with van der Waals surface area (Å²) >= 11 is 0. The van der Waals surface area contributed by atoms with Crippen molar-refractivity contribution in [3.8, 4) is 5.75 Å². The number of aromatic nitrogens is 1. The van der Waals surface area contributed by atoms with Gasteiger partial charge in [0.15, 0.2) is 0 Å². The maximum Gasteiger partial charge on any atom is 0.120 e. The lowest BCUT2D eigenvalue weighted by Gasteiger charge is -2.02. The summed E-state index contributed by atoms with van der Waals surface area (Å²) < 4.78 is 5.39. The topological polar surface area (TPSA) is 45.2 Å². The van der Waals surface area contributed by atoms with Crippen LogP contribution >= 0.6 is 0 Å². The Hall–Kier alpha value is -1.48. The van der Waals surface area contributed by atoms with E-state index in [9.17, 15) is 0 Å². The molecule has 1 aromatic carbocycles. The van der Waals surface area contributed by atoms with E-state index in [-0.39, 0.29) is 6.61 Å². The molecule has 3 nitrogen and oxygen atoms in total. The van der Waals surface area contributed by atoms with E-state index in [1.54, 1.807) is 0 Å². The molecule has 0 saturated heterocycles. The number of hydrogen-bond acceptors (Lipinski definition) is 2. The van der Waals surface area contributed by atoms with E-state index in [2.05, 4.69) is 4.98 Å². The molecule has 0 spiro atoms. The molecule has 0 saturated carbocycles. The fourth-order valence-electron chi connectivity index (χ4n) is 1.54. The van der Waals surface area contributed by atoms with Gasteiger partial charge in [-0.1, -0.05) is 0 Å². The fourth-order valence-corrected chi connectivity index (χ4v) is 1.54. The second-order valence-electron chi connectivity index (χ2n) is 3.11. The lowest BCUT2D eigenvalue weighted by atomic mass is 10.2. The first-order chi connectivity index (χ1) is 6.85. The largest absolute Gasteiger partial charge is 0.494 e. The Morgan fingerprint density at radius 1 is 1.43 bits per heavy atom. The van der Waals surface area contributed by atoms with Gasteiger partial charge in [-0.05, 0) is 25.1 Å². The van der Waals surface area contributed by atoms with Crippen LogP contribution in [-0.2, 0) is 6.61 Å². The standard InChI is InChI=1S/C11H13NO2/c1-2-14-9-3-4-11-10(5-9)8(7-13)6-12-11/h3-6,12-13H,2,7H2,1H3. The number of nitrogens with one attached hydrogen (secondary N) is 1. The molecule has 0 aliphatic heterocycles. The summed E-state index contributed by atoms with van der Waals surface area (Å²) in [7, 11) is 0. The second kappa shape index (κ2) is 3.72. The summed E-state index contributed by atoms with van der Waals surface area (Å²) in [5, 5.41) is 10.1. The van der Waals surface area contributed by atoms with Crippen molar-refractivity contribution < 1.29 is 9.84 Å². The van der Waals surface area contributed by atoms with Crippen molar-refractivity contribution in [2.45, 2.75) is 13.5 Å². The van der Waals surface area contributed by atoms with E-state index in [0.717, 1.165) is 22.2 Å². The van der Waals surface area contributed by atoms with Gasteiger partial charge in [0.25, 0.3) is 0 Å². The van der Waals surface area contributed by atoms with E-state index in [4.69, 9.17) is 9.84 Å². The van der Waals surface area contributed by atoms with Crippen LogP contribution in [0.25, 0.3) is 10.9 Å². The quantitative estimate of drug-likeness (QED) is 0.780.